The second-order valence-corrected chi connectivity index (χ2v) is 8.17. The monoisotopic (exact) mass is 384 g/mol. The number of amides is 2. The number of hydrogen-bond donors (Lipinski definition) is 0. The van der Waals surface area contributed by atoms with E-state index >= 15 is 0 Å². The maximum atomic E-state index is 12.7. The van der Waals surface area contributed by atoms with Gasteiger partial charge in [0.05, 0.1) is 0 Å². The molecule has 0 radical (unpaired) electrons. The number of piperazine rings is 1. The summed E-state index contributed by atoms with van der Waals surface area (Å²) in [6, 6.07) is 13.5. The van der Waals surface area contributed by atoms with E-state index in [9.17, 15) is 9.59 Å². The first kappa shape index (κ1) is 18.0. The fourth-order valence-electron chi connectivity index (χ4n) is 3.68. The Morgan fingerprint density at radius 2 is 1.74 bits per heavy atom. The minimum absolute atomic E-state index is 0.0196. The molecule has 2 heterocycles. The molecule has 1 aliphatic carbocycles. The van der Waals surface area contributed by atoms with Crippen molar-refractivity contribution in [3.8, 4) is 5.75 Å². The highest BCUT2D eigenvalue weighted by molar-refractivity contribution is 7.10. The summed E-state index contributed by atoms with van der Waals surface area (Å²) in [4.78, 5) is 30.4. The SMILES string of the molecule is CC(Oc1ccccc1)C(=O)N1CCN(C(=O)C2CC2c2cccs2)CC1. The lowest BCUT2D eigenvalue weighted by molar-refractivity contribution is -0.144. The van der Waals surface area contributed by atoms with E-state index in [1.54, 1.807) is 23.2 Å². The fourth-order valence-corrected chi connectivity index (χ4v) is 4.58. The predicted octanol–water partition coefficient (Wildman–Crippen LogP) is 2.99. The van der Waals surface area contributed by atoms with Gasteiger partial charge in [-0.05, 0) is 36.9 Å². The lowest BCUT2D eigenvalue weighted by Crippen LogP contribution is -2.53. The molecule has 4 rings (SSSR count). The van der Waals surface area contributed by atoms with Crippen molar-refractivity contribution >= 4 is 23.2 Å². The minimum Gasteiger partial charge on any atom is -0.481 e. The van der Waals surface area contributed by atoms with Gasteiger partial charge >= 0.3 is 0 Å². The molecule has 1 aromatic carbocycles. The second-order valence-electron chi connectivity index (χ2n) is 7.19. The van der Waals surface area contributed by atoms with E-state index in [0.29, 0.717) is 37.8 Å². The highest BCUT2D eigenvalue weighted by Crippen LogP contribution is 2.50. The molecule has 0 spiro atoms. The third-order valence-electron chi connectivity index (χ3n) is 5.32. The number of carbonyl (C=O) groups excluding carboxylic acids is 2. The zero-order valence-corrected chi connectivity index (χ0v) is 16.2. The Morgan fingerprint density at radius 1 is 1.04 bits per heavy atom. The summed E-state index contributed by atoms with van der Waals surface area (Å²) in [6.45, 7) is 4.14. The van der Waals surface area contributed by atoms with Crippen LogP contribution in [0.4, 0.5) is 0 Å². The van der Waals surface area contributed by atoms with Gasteiger partial charge < -0.3 is 14.5 Å². The molecule has 2 amide bonds. The van der Waals surface area contributed by atoms with Crippen molar-refractivity contribution in [2.75, 3.05) is 26.2 Å². The molecular weight excluding hydrogens is 360 g/mol. The van der Waals surface area contributed by atoms with Crippen molar-refractivity contribution in [1.29, 1.82) is 0 Å². The molecule has 2 fully saturated rings. The molecule has 27 heavy (non-hydrogen) atoms. The quantitative estimate of drug-likeness (QED) is 0.796. The van der Waals surface area contributed by atoms with Crippen LogP contribution in [0.2, 0.25) is 0 Å². The molecule has 1 aliphatic heterocycles. The average molecular weight is 385 g/mol. The lowest BCUT2D eigenvalue weighted by atomic mass is 10.2. The predicted molar refractivity (Wildman–Crippen MR) is 105 cm³/mol. The summed E-state index contributed by atoms with van der Waals surface area (Å²) in [7, 11) is 0. The molecule has 1 saturated heterocycles. The number of para-hydroxylation sites is 1. The first-order valence-electron chi connectivity index (χ1n) is 9.46. The molecular formula is C21H24N2O3S. The normalized spacial score (nSPS) is 23.0. The molecule has 1 saturated carbocycles. The number of rotatable bonds is 5. The van der Waals surface area contributed by atoms with Gasteiger partial charge in [-0.1, -0.05) is 24.3 Å². The van der Waals surface area contributed by atoms with E-state index in [1.807, 2.05) is 41.3 Å². The van der Waals surface area contributed by atoms with Gasteiger partial charge in [-0.2, -0.15) is 0 Å². The summed E-state index contributed by atoms with van der Waals surface area (Å²) in [5.41, 5.74) is 0. The Labute approximate surface area is 163 Å². The largest absolute Gasteiger partial charge is 0.481 e. The molecule has 3 unspecified atom stereocenters. The summed E-state index contributed by atoms with van der Waals surface area (Å²) in [5.74, 6) is 1.45. The summed E-state index contributed by atoms with van der Waals surface area (Å²) < 4.78 is 5.74. The van der Waals surface area contributed by atoms with Gasteiger partial charge in [0.25, 0.3) is 5.91 Å². The zero-order chi connectivity index (χ0) is 18.8. The second kappa shape index (κ2) is 7.72. The Kier molecular flexibility index (Phi) is 5.16. The first-order valence-corrected chi connectivity index (χ1v) is 10.3. The van der Waals surface area contributed by atoms with Crippen LogP contribution in [0.1, 0.15) is 24.1 Å². The summed E-state index contributed by atoms with van der Waals surface area (Å²) in [6.07, 6.45) is 0.432. The van der Waals surface area contributed by atoms with E-state index in [1.165, 1.54) is 4.88 Å². The van der Waals surface area contributed by atoms with Crippen molar-refractivity contribution in [3.05, 3.63) is 52.7 Å². The number of benzene rings is 1. The Balaban J connectivity index is 1.26. The van der Waals surface area contributed by atoms with E-state index < -0.39 is 6.10 Å². The van der Waals surface area contributed by atoms with Crippen molar-refractivity contribution in [2.45, 2.75) is 25.4 Å². The highest BCUT2D eigenvalue weighted by atomic mass is 32.1. The third kappa shape index (κ3) is 4.00. The van der Waals surface area contributed by atoms with Gasteiger partial charge in [-0.25, -0.2) is 0 Å². The molecule has 2 aliphatic rings. The van der Waals surface area contributed by atoms with Crippen molar-refractivity contribution in [3.63, 3.8) is 0 Å². The molecule has 2 aromatic rings. The van der Waals surface area contributed by atoms with Gasteiger partial charge in [0.1, 0.15) is 5.75 Å². The average Bonchev–Trinajstić information content (AvgIpc) is 3.32. The Bertz CT molecular complexity index is 785. The van der Waals surface area contributed by atoms with Crippen LogP contribution in [-0.2, 0) is 9.59 Å². The summed E-state index contributed by atoms with van der Waals surface area (Å²) >= 11 is 1.73. The molecule has 3 atom stereocenters. The van der Waals surface area contributed by atoms with Crippen molar-refractivity contribution in [2.24, 2.45) is 5.92 Å². The van der Waals surface area contributed by atoms with Crippen molar-refractivity contribution < 1.29 is 14.3 Å². The molecule has 6 heteroatoms. The van der Waals surface area contributed by atoms with E-state index in [4.69, 9.17) is 4.74 Å². The van der Waals surface area contributed by atoms with Crippen molar-refractivity contribution in [1.82, 2.24) is 9.80 Å². The Morgan fingerprint density at radius 3 is 2.41 bits per heavy atom. The molecule has 142 valence electrons. The van der Waals surface area contributed by atoms with Crippen LogP contribution in [0.25, 0.3) is 0 Å². The number of thiophene rings is 1. The highest BCUT2D eigenvalue weighted by Gasteiger charge is 2.46. The van der Waals surface area contributed by atoms with Crippen LogP contribution in [0.3, 0.4) is 0 Å². The molecule has 0 bridgehead atoms. The van der Waals surface area contributed by atoms with E-state index in [-0.39, 0.29) is 17.7 Å². The van der Waals surface area contributed by atoms with Crippen LogP contribution in [0, 0.1) is 5.92 Å². The summed E-state index contributed by atoms with van der Waals surface area (Å²) in [5, 5.41) is 2.07. The van der Waals surface area contributed by atoms with Gasteiger partial charge in [-0.15, -0.1) is 11.3 Å². The van der Waals surface area contributed by atoms with Crippen LogP contribution in [-0.4, -0.2) is 53.9 Å². The van der Waals surface area contributed by atoms with Crippen LogP contribution < -0.4 is 4.74 Å². The number of carbonyl (C=O) groups is 2. The fraction of sp³-hybridized carbons (Fsp3) is 0.429. The van der Waals surface area contributed by atoms with Gasteiger partial charge in [0, 0.05) is 42.9 Å². The standard InChI is InChI=1S/C21H24N2O3S/c1-15(26-16-6-3-2-4-7-16)20(24)22-9-11-23(12-10-22)21(25)18-14-17(18)19-8-5-13-27-19/h2-8,13,15,17-18H,9-12,14H2,1H3. The molecule has 5 nitrogen and oxygen atoms in total. The zero-order valence-electron chi connectivity index (χ0n) is 15.4. The molecule has 0 N–H and O–H groups in total. The topological polar surface area (TPSA) is 49.9 Å². The van der Waals surface area contributed by atoms with Gasteiger partial charge in [-0.3, -0.25) is 9.59 Å². The lowest BCUT2D eigenvalue weighted by Gasteiger charge is -2.36. The maximum absolute atomic E-state index is 12.7. The maximum Gasteiger partial charge on any atom is 0.263 e. The number of hydrogen-bond acceptors (Lipinski definition) is 4. The first-order chi connectivity index (χ1) is 13.1. The van der Waals surface area contributed by atoms with Crippen LogP contribution in [0.15, 0.2) is 47.8 Å². The molecule has 1 aromatic heterocycles. The van der Waals surface area contributed by atoms with Crippen LogP contribution >= 0.6 is 11.3 Å². The number of nitrogens with zero attached hydrogens (tertiary/aromatic N) is 2. The van der Waals surface area contributed by atoms with Gasteiger partial charge in [0.15, 0.2) is 6.10 Å². The Hall–Kier alpha value is -2.34. The minimum atomic E-state index is -0.527. The van der Waals surface area contributed by atoms with E-state index in [0.717, 1.165) is 6.42 Å². The smallest absolute Gasteiger partial charge is 0.263 e. The van der Waals surface area contributed by atoms with E-state index in [2.05, 4.69) is 11.4 Å². The number of ether oxygens (including phenoxy) is 1. The van der Waals surface area contributed by atoms with Crippen LogP contribution in [0.5, 0.6) is 5.75 Å². The third-order valence-corrected chi connectivity index (χ3v) is 6.33. The van der Waals surface area contributed by atoms with Gasteiger partial charge in [0.2, 0.25) is 5.91 Å².